The topological polar surface area (TPSA) is 25.8 Å². The Morgan fingerprint density at radius 2 is 0.667 bits per heavy atom. The number of aromatic nitrogens is 2. The van der Waals surface area contributed by atoms with E-state index < -0.39 is 0 Å². The Hall–Kier alpha value is -1.12. The van der Waals surface area contributed by atoms with Crippen molar-refractivity contribution in [2.75, 3.05) is 0 Å². The monoisotopic (exact) mass is 290 g/mol. The predicted molar refractivity (Wildman–Crippen MR) is 85.7 cm³/mol. The van der Waals surface area contributed by atoms with Crippen molar-refractivity contribution in [1.82, 2.24) is 9.97 Å². The zero-order chi connectivity index (χ0) is 12.5. The molecule has 0 atom stereocenters. The first-order chi connectivity index (χ1) is 8.00. The minimum atomic E-state index is 0. The van der Waals surface area contributed by atoms with Gasteiger partial charge in [-0.05, 0) is 24.3 Å². The van der Waals surface area contributed by atoms with Gasteiger partial charge in [0, 0.05) is 24.8 Å². The Morgan fingerprint density at radius 1 is 0.444 bits per heavy atom. The maximum atomic E-state index is 3.78. The van der Waals surface area contributed by atoms with Crippen molar-refractivity contribution in [3.05, 3.63) is 61.2 Å². The van der Waals surface area contributed by atoms with Gasteiger partial charge in [-0.15, -0.1) is 24.8 Å². The van der Waals surface area contributed by atoms with Crippen molar-refractivity contribution in [1.29, 1.82) is 0 Å². The molecule has 2 rings (SSSR count). The van der Waals surface area contributed by atoms with Crippen LogP contribution in [0.5, 0.6) is 0 Å². The molecular weight excluding hydrogens is 267 g/mol. The molecule has 0 N–H and O–H groups in total. The first kappa shape index (κ1) is 25.7. The van der Waals surface area contributed by atoms with Crippen LogP contribution in [0.2, 0.25) is 0 Å². The summed E-state index contributed by atoms with van der Waals surface area (Å²) in [5.41, 5.74) is 0. The molecule has 4 heteroatoms. The molecular formula is C14H24Cl2N2. The standard InChI is InChI=1S/2C5H5N.2C2H6.2ClH/c2*1-2-4-6-5-3-1;2*1-2;;/h2*1-5H;2*1-2H3;2*1H. The molecule has 0 bridgehead atoms. The van der Waals surface area contributed by atoms with Crippen molar-refractivity contribution in [3.8, 4) is 0 Å². The molecule has 0 fully saturated rings. The van der Waals surface area contributed by atoms with Gasteiger partial charge >= 0.3 is 0 Å². The van der Waals surface area contributed by atoms with Crippen molar-refractivity contribution >= 4 is 24.8 Å². The number of halogens is 2. The third-order valence-electron chi connectivity index (χ3n) is 1.13. The molecule has 0 aliphatic rings. The van der Waals surface area contributed by atoms with Gasteiger partial charge in [0.1, 0.15) is 0 Å². The van der Waals surface area contributed by atoms with Gasteiger partial charge in [0.15, 0.2) is 0 Å². The van der Waals surface area contributed by atoms with Crippen LogP contribution in [0.4, 0.5) is 0 Å². The second-order valence-corrected chi connectivity index (χ2v) is 2.05. The number of nitrogens with zero attached hydrogens (tertiary/aromatic N) is 2. The van der Waals surface area contributed by atoms with Crippen molar-refractivity contribution in [3.63, 3.8) is 0 Å². The molecule has 0 aliphatic heterocycles. The van der Waals surface area contributed by atoms with E-state index in [0.717, 1.165) is 0 Å². The van der Waals surface area contributed by atoms with Crippen LogP contribution in [0, 0.1) is 0 Å². The van der Waals surface area contributed by atoms with Crippen LogP contribution in [0.15, 0.2) is 61.2 Å². The minimum Gasteiger partial charge on any atom is -0.265 e. The zero-order valence-corrected chi connectivity index (χ0v) is 13.1. The fraction of sp³-hybridized carbons (Fsp3) is 0.286. The summed E-state index contributed by atoms with van der Waals surface area (Å²) in [6.07, 6.45) is 7.00. The molecule has 0 unspecified atom stereocenters. The van der Waals surface area contributed by atoms with Gasteiger partial charge in [-0.1, -0.05) is 39.8 Å². The predicted octanol–water partition coefficient (Wildman–Crippen LogP) is 5.06. The Kier molecular flexibility index (Phi) is 42.3. The average Bonchev–Trinajstić information content (AvgIpc) is 2.48. The summed E-state index contributed by atoms with van der Waals surface area (Å²) >= 11 is 0. The average molecular weight is 291 g/mol. The Labute approximate surface area is 124 Å². The van der Waals surface area contributed by atoms with E-state index >= 15 is 0 Å². The molecule has 0 radical (unpaired) electrons. The highest BCUT2D eigenvalue weighted by Gasteiger charge is 1.59. The van der Waals surface area contributed by atoms with E-state index in [0.29, 0.717) is 0 Å². The van der Waals surface area contributed by atoms with Crippen LogP contribution in [0.1, 0.15) is 27.7 Å². The van der Waals surface area contributed by atoms with Crippen molar-refractivity contribution in [2.45, 2.75) is 27.7 Å². The molecule has 0 saturated carbocycles. The van der Waals surface area contributed by atoms with E-state index in [-0.39, 0.29) is 24.8 Å². The lowest BCUT2D eigenvalue weighted by molar-refractivity contribution is 1.33. The lowest BCUT2D eigenvalue weighted by Crippen LogP contribution is -1.58. The van der Waals surface area contributed by atoms with Gasteiger partial charge in [0.2, 0.25) is 0 Å². The van der Waals surface area contributed by atoms with Crippen LogP contribution in [0.3, 0.4) is 0 Å². The smallest absolute Gasteiger partial charge is 0.0267 e. The molecule has 2 aromatic rings. The Morgan fingerprint density at radius 3 is 0.722 bits per heavy atom. The lowest BCUT2D eigenvalue weighted by atomic mass is 10.5. The quantitative estimate of drug-likeness (QED) is 0.678. The van der Waals surface area contributed by atoms with Gasteiger partial charge in [-0.3, -0.25) is 9.97 Å². The van der Waals surface area contributed by atoms with E-state index in [1.54, 1.807) is 24.8 Å². The van der Waals surface area contributed by atoms with E-state index in [9.17, 15) is 0 Å². The summed E-state index contributed by atoms with van der Waals surface area (Å²) in [7, 11) is 0. The number of hydrogen-bond donors (Lipinski definition) is 0. The molecule has 0 amide bonds. The van der Waals surface area contributed by atoms with Gasteiger partial charge in [-0.2, -0.15) is 0 Å². The summed E-state index contributed by atoms with van der Waals surface area (Å²) < 4.78 is 0. The Balaban J connectivity index is -0.0000000787. The number of hydrogen-bond acceptors (Lipinski definition) is 2. The highest BCUT2D eigenvalue weighted by atomic mass is 35.5. The highest BCUT2D eigenvalue weighted by Crippen LogP contribution is 1.74. The second-order valence-electron chi connectivity index (χ2n) is 2.05. The van der Waals surface area contributed by atoms with Crippen molar-refractivity contribution in [2.24, 2.45) is 0 Å². The minimum absolute atomic E-state index is 0. The van der Waals surface area contributed by atoms with Crippen LogP contribution in [0.25, 0.3) is 0 Å². The van der Waals surface area contributed by atoms with Gasteiger partial charge in [0.25, 0.3) is 0 Å². The zero-order valence-electron chi connectivity index (χ0n) is 11.5. The molecule has 104 valence electrons. The van der Waals surface area contributed by atoms with E-state index in [1.807, 2.05) is 64.1 Å². The summed E-state index contributed by atoms with van der Waals surface area (Å²) in [4.78, 5) is 7.57. The maximum absolute atomic E-state index is 3.78. The third-order valence-corrected chi connectivity index (χ3v) is 1.13. The molecule has 0 saturated heterocycles. The first-order valence-electron chi connectivity index (χ1n) is 5.70. The summed E-state index contributed by atoms with van der Waals surface area (Å²) in [6, 6.07) is 11.4. The second kappa shape index (κ2) is 29.7. The molecule has 0 spiro atoms. The van der Waals surface area contributed by atoms with Gasteiger partial charge in [-0.25, -0.2) is 0 Å². The van der Waals surface area contributed by atoms with E-state index in [4.69, 9.17) is 0 Å². The van der Waals surface area contributed by atoms with Crippen LogP contribution in [-0.2, 0) is 0 Å². The Bertz CT molecular complexity index is 193. The first-order valence-corrected chi connectivity index (χ1v) is 5.70. The maximum Gasteiger partial charge on any atom is 0.0267 e. The van der Waals surface area contributed by atoms with E-state index in [2.05, 4.69) is 9.97 Å². The summed E-state index contributed by atoms with van der Waals surface area (Å²) in [5, 5.41) is 0. The van der Waals surface area contributed by atoms with Crippen molar-refractivity contribution < 1.29 is 0 Å². The molecule has 0 aliphatic carbocycles. The fourth-order valence-corrected chi connectivity index (χ4v) is 0.625. The molecule has 2 aromatic heterocycles. The van der Waals surface area contributed by atoms with Crippen LogP contribution < -0.4 is 0 Å². The normalized spacial score (nSPS) is 6.00. The van der Waals surface area contributed by atoms with E-state index in [1.165, 1.54) is 0 Å². The van der Waals surface area contributed by atoms with Crippen LogP contribution in [-0.4, -0.2) is 9.97 Å². The SMILES string of the molecule is CC.CC.Cl.Cl.c1ccncc1.c1ccncc1. The third kappa shape index (κ3) is 24.2. The molecule has 0 aromatic carbocycles. The highest BCUT2D eigenvalue weighted by molar-refractivity contribution is 5.85. The van der Waals surface area contributed by atoms with Gasteiger partial charge < -0.3 is 0 Å². The van der Waals surface area contributed by atoms with Gasteiger partial charge in [0.05, 0.1) is 0 Å². The summed E-state index contributed by atoms with van der Waals surface area (Å²) in [5.74, 6) is 0. The lowest BCUT2D eigenvalue weighted by Gasteiger charge is -1.70. The summed E-state index contributed by atoms with van der Waals surface area (Å²) in [6.45, 7) is 8.00. The number of rotatable bonds is 0. The molecule has 2 nitrogen and oxygen atoms in total. The largest absolute Gasteiger partial charge is 0.265 e. The van der Waals surface area contributed by atoms with Crippen LogP contribution >= 0.6 is 24.8 Å². The fourth-order valence-electron chi connectivity index (χ4n) is 0.625. The molecule has 2 heterocycles. The number of pyridine rings is 2. The molecule has 18 heavy (non-hydrogen) atoms.